The zero-order chi connectivity index (χ0) is 19.5. The normalized spacial score (nSPS) is 16.0. The first-order valence-corrected chi connectivity index (χ1v) is 9.67. The molecule has 140 valence electrons. The molecule has 0 fully saturated rings. The zero-order valence-corrected chi connectivity index (χ0v) is 16.5. The third kappa shape index (κ3) is 3.72. The van der Waals surface area contributed by atoms with Crippen LogP contribution >= 0.6 is 23.8 Å². The van der Waals surface area contributed by atoms with Gasteiger partial charge in [0, 0.05) is 22.7 Å². The molecule has 6 heteroatoms. The fraction of sp³-hybridized carbons (Fsp3) is 0.0909. The van der Waals surface area contributed by atoms with E-state index in [1.54, 1.807) is 17.1 Å². The van der Waals surface area contributed by atoms with Crippen LogP contribution < -0.4 is 5.32 Å². The molecule has 0 amide bonds. The summed E-state index contributed by atoms with van der Waals surface area (Å²) in [5.41, 5.74) is 3.29. The molecule has 1 aliphatic heterocycles. The molecule has 0 radical (unpaired) electrons. The Labute approximate surface area is 174 Å². The average Bonchev–Trinajstić information content (AvgIpc) is 3.14. The van der Waals surface area contributed by atoms with Crippen molar-refractivity contribution in [2.45, 2.75) is 12.5 Å². The highest BCUT2D eigenvalue weighted by Crippen LogP contribution is 2.37. The van der Waals surface area contributed by atoms with Gasteiger partial charge in [-0.1, -0.05) is 60.1 Å². The lowest BCUT2D eigenvalue weighted by Crippen LogP contribution is -2.31. The van der Waals surface area contributed by atoms with E-state index < -0.39 is 0 Å². The van der Waals surface area contributed by atoms with Crippen LogP contribution in [0, 0.1) is 0 Å². The molecular formula is C22H18ClN3OS. The third-order valence-corrected chi connectivity index (χ3v) is 5.26. The number of halogens is 1. The first kappa shape index (κ1) is 18.5. The maximum absolute atomic E-state index is 10.3. The number of anilines is 1. The van der Waals surface area contributed by atoms with Gasteiger partial charge in [-0.2, -0.15) is 5.10 Å². The van der Waals surface area contributed by atoms with Gasteiger partial charge >= 0.3 is 0 Å². The molecule has 28 heavy (non-hydrogen) atoms. The number of benzene rings is 3. The van der Waals surface area contributed by atoms with E-state index in [1.165, 1.54) is 0 Å². The van der Waals surface area contributed by atoms with Gasteiger partial charge in [-0.15, -0.1) is 0 Å². The van der Waals surface area contributed by atoms with Crippen molar-refractivity contribution in [3.63, 3.8) is 0 Å². The SMILES string of the molecule is Oc1ccccc1C1=NN(C(=S)Nc2ccccc2)[C@H](c2ccccc2Cl)C1. The summed E-state index contributed by atoms with van der Waals surface area (Å²) in [5, 5.41) is 21.1. The smallest absolute Gasteiger partial charge is 0.194 e. The fourth-order valence-electron chi connectivity index (χ4n) is 3.27. The Hall–Kier alpha value is -2.89. The highest BCUT2D eigenvalue weighted by atomic mass is 35.5. The lowest BCUT2D eigenvalue weighted by Gasteiger charge is -2.25. The Morgan fingerprint density at radius 3 is 2.43 bits per heavy atom. The van der Waals surface area contributed by atoms with Crippen molar-refractivity contribution >= 4 is 40.3 Å². The molecule has 1 atom stereocenters. The van der Waals surface area contributed by atoms with Crippen LogP contribution in [-0.2, 0) is 0 Å². The van der Waals surface area contributed by atoms with E-state index in [2.05, 4.69) is 5.32 Å². The second-order valence-electron chi connectivity index (χ2n) is 6.45. The van der Waals surface area contributed by atoms with Gasteiger partial charge in [-0.3, -0.25) is 0 Å². The molecule has 0 unspecified atom stereocenters. The van der Waals surface area contributed by atoms with E-state index in [0.717, 1.165) is 17.0 Å². The highest BCUT2D eigenvalue weighted by molar-refractivity contribution is 7.80. The minimum absolute atomic E-state index is 0.160. The first-order valence-electron chi connectivity index (χ1n) is 8.89. The number of nitrogens with zero attached hydrogens (tertiary/aromatic N) is 2. The molecule has 4 rings (SSSR count). The molecule has 0 aliphatic carbocycles. The summed E-state index contributed by atoms with van der Waals surface area (Å²) in [5.74, 6) is 0.197. The molecule has 2 N–H and O–H groups in total. The topological polar surface area (TPSA) is 47.9 Å². The van der Waals surface area contributed by atoms with Crippen molar-refractivity contribution in [2.75, 3.05) is 5.32 Å². The Balaban J connectivity index is 1.70. The van der Waals surface area contributed by atoms with Crippen LogP contribution in [-0.4, -0.2) is 20.9 Å². The van der Waals surface area contributed by atoms with E-state index in [4.69, 9.17) is 28.9 Å². The Morgan fingerprint density at radius 1 is 1.00 bits per heavy atom. The molecule has 4 nitrogen and oxygen atoms in total. The summed E-state index contributed by atoms with van der Waals surface area (Å²) >= 11 is 12.1. The number of hydrazone groups is 1. The average molecular weight is 408 g/mol. The van der Waals surface area contributed by atoms with Crippen LogP contribution in [0.1, 0.15) is 23.6 Å². The molecule has 0 aromatic heterocycles. The van der Waals surface area contributed by atoms with E-state index in [1.807, 2.05) is 66.7 Å². The molecule has 0 spiro atoms. The lowest BCUT2D eigenvalue weighted by atomic mass is 9.98. The number of rotatable bonds is 3. The number of phenols is 1. The molecule has 0 saturated heterocycles. The molecule has 1 aliphatic rings. The van der Waals surface area contributed by atoms with Crippen LogP contribution in [0.2, 0.25) is 5.02 Å². The summed E-state index contributed by atoms with van der Waals surface area (Å²) < 4.78 is 0. The number of hydrogen-bond acceptors (Lipinski definition) is 3. The van der Waals surface area contributed by atoms with Crippen molar-refractivity contribution in [3.8, 4) is 5.75 Å². The predicted octanol–water partition coefficient (Wildman–Crippen LogP) is 5.59. The fourth-order valence-corrected chi connectivity index (χ4v) is 3.82. The van der Waals surface area contributed by atoms with E-state index >= 15 is 0 Å². The Kier molecular flexibility index (Phi) is 5.28. The van der Waals surface area contributed by atoms with Gasteiger partial charge in [0.1, 0.15) is 5.75 Å². The molecule has 0 saturated carbocycles. The summed E-state index contributed by atoms with van der Waals surface area (Å²) in [6.45, 7) is 0. The second kappa shape index (κ2) is 8.00. The zero-order valence-electron chi connectivity index (χ0n) is 14.9. The number of nitrogens with one attached hydrogen (secondary N) is 1. The van der Waals surface area contributed by atoms with Gasteiger partial charge in [0.25, 0.3) is 0 Å². The van der Waals surface area contributed by atoms with Crippen LogP contribution in [0.4, 0.5) is 5.69 Å². The van der Waals surface area contributed by atoms with E-state index in [9.17, 15) is 5.11 Å². The van der Waals surface area contributed by atoms with Crippen molar-refractivity contribution in [2.24, 2.45) is 5.10 Å². The Morgan fingerprint density at radius 2 is 1.68 bits per heavy atom. The van der Waals surface area contributed by atoms with E-state index in [0.29, 0.717) is 22.1 Å². The van der Waals surface area contributed by atoms with Crippen molar-refractivity contribution in [1.29, 1.82) is 0 Å². The second-order valence-corrected chi connectivity index (χ2v) is 7.24. The minimum Gasteiger partial charge on any atom is -0.507 e. The molecule has 1 heterocycles. The maximum Gasteiger partial charge on any atom is 0.194 e. The van der Waals surface area contributed by atoms with Gasteiger partial charge < -0.3 is 10.4 Å². The quantitative estimate of drug-likeness (QED) is 0.555. The van der Waals surface area contributed by atoms with Gasteiger partial charge in [-0.25, -0.2) is 5.01 Å². The molecule has 0 bridgehead atoms. The van der Waals surface area contributed by atoms with Crippen LogP contribution in [0.15, 0.2) is 84.0 Å². The Bertz CT molecular complexity index is 1040. The summed E-state index contributed by atoms with van der Waals surface area (Å²) in [6.07, 6.45) is 0.581. The lowest BCUT2D eigenvalue weighted by molar-refractivity contribution is 0.375. The van der Waals surface area contributed by atoms with Gasteiger partial charge in [-0.05, 0) is 48.1 Å². The highest BCUT2D eigenvalue weighted by Gasteiger charge is 2.33. The van der Waals surface area contributed by atoms with Crippen LogP contribution in [0.25, 0.3) is 0 Å². The number of hydrogen-bond donors (Lipinski definition) is 2. The monoisotopic (exact) mass is 407 g/mol. The number of aromatic hydroxyl groups is 1. The number of thiocarbonyl (C=S) groups is 1. The molecule has 3 aromatic carbocycles. The van der Waals surface area contributed by atoms with Gasteiger partial charge in [0.05, 0.1) is 11.8 Å². The molecular weight excluding hydrogens is 390 g/mol. The van der Waals surface area contributed by atoms with Crippen LogP contribution in [0.3, 0.4) is 0 Å². The third-order valence-electron chi connectivity index (χ3n) is 4.62. The number of para-hydroxylation sites is 2. The number of phenolic OH excluding ortho intramolecular Hbond substituents is 1. The summed E-state index contributed by atoms with van der Waals surface area (Å²) in [4.78, 5) is 0. The summed E-state index contributed by atoms with van der Waals surface area (Å²) in [6, 6.07) is 24.4. The van der Waals surface area contributed by atoms with Crippen molar-refractivity contribution in [3.05, 3.63) is 95.0 Å². The van der Waals surface area contributed by atoms with E-state index in [-0.39, 0.29) is 11.8 Å². The first-order chi connectivity index (χ1) is 13.6. The van der Waals surface area contributed by atoms with Crippen molar-refractivity contribution < 1.29 is 5.11 Å². The maximum atomic E-state index is 10.3. The predicted molar refractivity (Wildman–Crippen MR) is 118 cm³/mol. The summed E-state index contributed by atoms with van der Waals surface area (Å²) in [7, 11) is 0. The molecule has 3 aromatic rings. The minimum atomic E-state index is -0.160. The van der Waals surface area contributed by atoms with Crippen molar-refractivity contribution in [1.82, 2.24) is 5.01 Å². The van der Waals surface area contributed by atoms with Crippen LogP contribution in [0.5, 0.6) is 5.75 Å². The van der Waals surface area contributed by atoms with Gasteiger partial charge in [0.2, 0.25) is 0 Å². The largest absolute Gasteiger partial charge is 0.507 e. The van der Waals surface area contributed by atoms with Gasteiger partial charge in [0.15, 0.2) is 5.11 Å². The standard InChI is InChI=1S/C22H18ClN3OS/c23-18-12-6-4-10-16(18)20-14-19(17-11-5-7-13-21(17)27)25-26(20)22(28)24-15-8-2-1-3-9-15/h1-13,20,27H,14H2,(H,24,28)/t20-/m0/s1.